The third-order valence-corrected chi connectivity index (χ3v) is 6.02. The topological polar surface area (TPSA) is 75.3 Å². The Bertz CT molecular complexity index is 836. The first-order valence-electron chi connectivity index (χ1n) is 8.44. The molecule has 0 amide bonds. The molecule has 5 heteroatoms. The molecule has 0 spiro atoms. The molecule has 0 aliphatic heterocycles. The molecule has 4 nitrogen and oxygen atoms in total. The maximum atomic E-state index is 11.9. The predicted octanol–water partition coefficient (Wildman–Crippen LogP) is 4.50. The summed E-state index contributed by atoms with van der Waals surface area (Å²) in [6.45, 7) is 8.92. The molecule has 3 rings (SSSR count). The average molecular weight is 356 g/mol. The number of aromatic carboxylic acids is 1. The Morgan fingerprint density at radius 2 is 2.12 bits per heavy atom. The van der Waals surface area contributed by atoms with Gasteiger partial charge in [0.05, 0.1) is 5.56 Å². The first kappa shape index (κ1) is 17.7. The van der Waals surface area contributed by atoms with Crippen LogP contribution >= 0.6 is 11.3 Å². The molecule has 0 atom stereocenters. The lowest BCUT2D eigenvalue weighted by Crippen LogP contribution is -2.22. The van der Waals surface area contributed by atoms with Crippen molar-refractivity contribution < 1.29 is 9.90 Å². The summed E-state index contributed by atoms with van der Waals surface area (Å²) < 4.78 is 0. The van der Waals surface area contributed by atoms with Crippen molar-refractivity contribution in [3.63, 3.8) is 0 Å². The Labute approximate surface area is 152 Å². The molecule has 0 bridgehead atoms. The zero-order valence-corrected chi connectivity index (χ0v) is 15.5. The van der Waals surface area contributed by atoms with Gasteiger partial charge >= 0.3 is 5.97 Å². The number of fused-ring (bicyclic) bond motifs is 1. The van der Waals surface area contributed by atoms with E-state index in [4.69, 9.17) is 5.73 Å². The highest BCUT2D eigenvalue weighted by atomic mass is 32.1. The van der Waals surface area contributed by atoms with Gasteiger partial charge in [-0.3, -0.25) is 0 Å². The quantitative estimate of drug-likeness (QED) is 0.737. The number of nitrogens with one attached hydrogen (secondary N) is 1. The maximum Gasteiger partial charge on any atom is 0.339 e. The van der Waals surface area contributed by atoms with Crippen LogP contribution in [0.3, 0.4) is 0 Å². The Kier molecular flexibility index (Phi) is 4.71. The number of carboxylic acid groups (broad SMARTS) is 1. The van der Waals surface area contributed by atoms with E-state index in [0.29, 0.717) is 22.8 Å². The highest BCUT2D eigenvalue weighted by Crippen LogP contribution is 2.44. The first-order valence-corrected chi connectivity index (χ1v) is 9.26. The van der Waals surface area contributed by atoms with Gasteiger partial charge in [-0.1, -0.05) is 44.7 Å². The van der Waals surface area contributed by atoms with Crippen LogP contribution in [-0.2, 0) is 19.4 Å². The van der Waals surface area contributed by atoms with E-state index in [1.165, 1.54) is 4.88 Å². The maximum absolute atomic E-state index is 11.9. The fourth-order valence-electron chi connectivity index (χ4n) is 3.43. The van der Waals surface area contributed by atoms with E-state index in [0.717, 1.165) is 36.0 Å². The molecule has 0 saturated heterocycles. The molecule has 1 aliphatic rings. The van der Waals surface area contributed by atoms with Gasteiger partial charge in [0.25, 0.3) is 0 Å². The van der Waals surface area contributed by atoms with Crippen LogP contribution in [0.2, 0.25) is 0 Å². The van der Waals surface area contributed by atoms with Crippen molar-refractivity contribution >= 4 is 28.0 Å². The van der Waals surface area contributed by atoms with E-state index in [1.54, 1.807) is 11.3 Å². The number of carboxylic acids is 1. The van der Waals surface area contributed by atoms with Crippen LogP contribution in [0, 0.1) is 5.41 Å². The van der Waals surface area contributed by atoms with Crippen LogP contribution in [0.1, 0.15) is 52.2 Å². The predicted molar refractivity (Wildman–Crippen MR) is 104 cm³/mol. The largest absolute Gasteiger partial charge is 0.478 e. The Hall–Kier alpha value is -2.11. The zero-order valence-electron chi connectivity index (χ0n) is 14.7. The SMILES string of the molecule is C=C(Nc1sc2c(c1C(=O)O)CC(C)(C)CC2)c1ccccc1CN. The fraction of sp³-hybridized carbons (Fsp3) is 0.350. The van der Waals surface area contributed by atoms with E-state index in [9.17, 15) is 9.90 Å². The molecule has 25 heavy (non-hydrogen) atoms. The molecule has 0 radical (unpaired) electrons. The summed E-state index contributed by atoms with van der Waals surface area (Å²) in [6, 6.07) is 7.78. The van der Waals surface area contributed by atoms with E-state index in [2.05, 4.69) is 25.7 Å². The second-order valence-corrected chi connectivity index (χ2v) is 8.42. The van der Waals surface area contributed by atoms with Gasteiger partial charge in [-0.2, -0.15) is 0 Å². The number of nitrogens with two attached hydrogens (primary N) is 1. The summed E-state index contributed by atoms with van der Waals surface area (Å²) in [5, 5.41) is 13.7. The van der Waals surface area contributed by atoms with Gasteiger partial charge in [0.15, 0.2) is 0 Å². The van der Waals surface area contributed by atoms with Gasteiger partial charge in [0.2, 0.25) is 0 Å². The van der Waals surface area contributed by atoms with E-state index in [-0.39, 0.29) is 5.41 Å². The van der Waals surface area contributed by atoms with Crippen molar-refractivity contribution in [1.29, 1.82) is 0 Å². The van der Waals surface area contributed by atoms with Crippen LogP contribution in [0.5, 0.6) is 0 Å². The Morgan fingerprint density at radius 1 is 1.40 bits per heavy atom. The third-order valence-electron chi connectivity index (χ3n) is 4.82. The third kappa shape index (κ3) is 3.48. The minimum atomic E-state index is -0.877. The molecular weight excluding hydrogens is 332 g/mol. The van der Waals surface area contributed by atoms with Crippen molar-refractivity contribution in [1.82, 2.24) is 0 Å². The monoisotopic (exact) mass is 356 g/mol. The van der Waals surface area contributed by atoms with Gasteiger partial charge in [0.1, 0.15) is 5.00 Å². The van der Waals surface area contributed by atoms with Crippen LogP contribution in [-0.4, -0.2) is 11.1 Å². The number of benzene rings is 1. The van der Waals surface area contributed by atoms with Gasteiger partial charge in [0, 0.05) is 22.7 Å². The van der Waals surface area contributed by atoms with Gasteiger partial charge < -0.3 is 16.2 Å². The molecule has 0 unspecified atom stereocenters. The summed E-state index contributed by atoms with van der Waals surface area (Å²) in [5.41, 5.74) is 9.92. The summed E-state index contributed by atoms with van der Waals surface area (Å²) >= 11 is 1.54. The van der Waals surface area contributed by atoms with Crippen molar-refractivity contribution in [2.45, 2.75) is 39.7 Å². The molecule has 1 heterocycles. The van der Waals surface area contributed by atoms with Crippen LogP contribution in [0.25, 0.3) is 5.70 Å². The number of rotatable bonds is 5. The molecule has 1 aromatic heterocycles. The Balaban J connectivity index is 1.97. The van der Waals surface area contributed by atoms with Gasteiger partial charge in [-0.25, -0.2) is 4.79 Å². The van der Waals surface area contributed by atoms with Crippen LogP contribution in [0.15, 0.2) is 30.8 Å². The average Bonchev–Trinajstić information content (AvgIpc) is 2.90. The lowest BCUT2D eigenvalue weighted by molar-refractivity contribution is 0.0696. The lowest BCUT2D eigenvalue weighted by atomic mass is 9.76. The summed E-state index contributed by atoms with van der Waals surface area (Å²) in [7, 11) is 0. The van der Waals surface area contributed by atoms with Crippen molar-refractivity contribution in [2.24, 2.45) is 11.1 Å². The highest BCUT2D eigenvalue weighted by Gasteiger charge is 2.32. The number of anilines is 1. The first-order chi connectivity index (χ1) is 11.8. The molecule has 2 aromatic rings. The summed E-state index contributed by atoms with van der Waals surface area (Å²) in [6.07, 6.45) is 2.81. The molecule has 0 fully saturated rings. The number of thiophene rings is 1. The molecule has 0 saturated carbocycles. The molecule has 132 valence electrons. The van der Waals surface area contributed by atoms with Gasteiger partial charge in [-0.15, -0.1) is 11.3 Å². The van der Waals surface area contributed by atoms with Crippen molar-refractivity contribution in [3.8, 4) is 0 Å². The van der Waals surface area contributed by atoms with Crippen LogP contribution in [0.4, 0.5) is 5.00 Å². The number of hydrogen-bond donors (Lipinski definition) is 3. The van der Waals surface area contributed by atoms with Gasteiger partial charge in [-0.05, 0) is 35.8 Å². The Morgan fingerprint density at radius 3 is 2.80 bits per heavy atom. The highest BCUT2D eigenvalue weighted by molar-refractivity contribution is 7.16. The normalized spacial score (nSPS) is 15.5. The number of hydrogen-bond acceptors (Lipinski definition) is 4. The summed E-state index contributed by atoms with van der Waals surface area (Å²) in [4.78, 5) is 13.1. The number of carbonyl (C=O) groups is 1. The standard InChI is InChI=1S/C20H24N2O2S/c1-12(14-7-5-4-6-13(14)11-21)22-18-17(19(23)24)15-10-20(2,3)9-8-16(15)25-18/h4-7,22H,1,8-11,21H2,2-3H3,(H,23,24). The molecule has 1 aromatic carbocycles. The minimum Gasteiger partial charge on any atom is -0.478 e. The van der Waals surface area contributed by atoms with Crippen molar-refractivity contribution in [3.05, 3.63) is 58.0 Å². The van der Waals surface area contributed by atoms with E-state index >= 15 is 0 Å². The van der Waals surface area contributed by atoms with Crippen LogP contribution < -0.4 is 11.1 Å². The zero-order chi connectivity index (χ0) is 18.2. The fourth-order valence-corrected chi connectivity index (χ4v) is 4.67. The molecule has 4 N–H and O–H groups in total. The summed E-state index contributed by atoms with van der Waals surface area (Å²) in [5.74, 6) is -0.877. The molecule has 1 aliphatic carbocycles. The van der Waals surface area contributed by atoms with E-state index < -0.39 is 5.97 Å². The molecular formula is C20H24N2O2S. The number of aryl methyl sites for hydroxylation is 1. The van der Waals surface area contributed by atoms with E-state index in [1.807, 2.05) is 24.3 Å². The lowest BCUT2D eigenvalue weighted by Gasteiger charge is -2.29. The minimum absolute atomic E-state index is 0.138. The second kappa shape index (κ2) is 6.65. The smallest absolute Gasteiger partial charge is 0.339 e. The second-order valence-electron chi connectivity index (χ2n) is 7.32. The van der Waals surface area contributed by atoms with Crippen molar-refractivity contribution in [2.75, 3.05) is 5.32 Å².